The van der Waals surface area contributed by atoms with Gasteiger partial charge < -0.3 is 15.2 Å². The van der Waals surface area contributed by atoms with Gasteiger partial charge in [-0.25, -0.2) is 4.79 Å². The molecule has 0 radical (unpaired) electrons. The molecular formula is C16H22N4O2. The fourth-order valence-corrected chi connectivity index (χ4v) is 2.27. The maximum atomic E-state index is 11.9. The predicted octanol–water partition coefficient (Wildman–Crippen LogP) is 1.97. The number of rotatable bonds is 5. The van der Waals surface area contributed by atoms with Crippen LogP contribution in [0.5, 0.6) is 0 Å². The molecule has 0 unspecified atom stereocenters. The first-order chi connectivity index (χ1) is 10.4. The average Bonchev–Trinajstić information content (AvgIpc) is 2.73. The number of amides is 1. The summed E-state index contributed by atoms with van der Waals surface area (Å²) >= 11 is 0. The second-order valence-electron chi connectivity index (χ2n) is 5.78. The summed E-state index contributed by atoms with van der Waals surface area (Å²) in [6.07, 6.45) is 3.31. The SMILES string of the molecule is CC(C)n1c(=O)[nH]c2ccc(NC(=O)/C=C/CN(C)C)cc21. The van der Waals surface area contributed by atoms with E-state index >= 15 is 0 Å². The molecule has 0 aliphatic rings. The number of carbonyl (C=O) groups is 1. The summed E-state index contributed by atoms with van der Waals surface area (Å²) in [6, 6.07) is 5.44. The summed E-state index contributed by atoms with van der Waals surface area (Å²) in [5.41, 5.74) is 2.08. The molecule has 0 bridgehead atoms. The van der Waals surface area contributed by atoms with E-state index in [4.69, 9.17) is 0 Å². The Bertz CT molecular complexity index is 753. The lowest BCUT2D eigenvalue weighted by Gasteiger charge is -2.08. The number of aromatic nitrogens is 2. The third-order valence-corrected chi connectivity index (χ3v) is 3.24. The fourth-order valence-electron chi connectivity index (χ4n) is 2.27. The molecule has 1 amide bonds. The molecule has 0 saturated carbocycles. The summed E-state index contributed by atoms with van der Waals surface area (Å²) in [7, 11) is 3.88. The molecule has 1 aromatic heterocycles. The number of nitrogens with zero attached hydrogens (tertiary/aromatic N) is 2. The normalized spacial score (nSPS) is 11.9. The first kappa shape index (κ1) is 16.0. The van der Waals surface area contributed by atoms with Gasteiger partial charge in [-0.05, 0) is 46.1 Å². The molecule has 2 rings (SSSR count). The Morgan fingerprint density at radius 1 is 1.41 bits per heavy atom. The van der Waals surface area contributed by atoms with Gasteiger partial charge in [0.25, 0.3) is 0 Å². The number of hydrogen-bond acceptors (Lipinski definition) is 3. The van der Waals surface area contributed by atoms with Gasteiger partial charge in [0, 0.05) is 24.4 Å². The van der Waals surface area contributed by atoms with Gasteiger partial charge in [-0.2, -0.15) is 0 Å². The van der Waals surface area contributed by atoms with E-state index in [1.54, 1.807) is 22.8 Å². The van der Waals surface area contributed by atoms with Crippen LogP contribution in [0.25, 0.3) is 11.0 Å². The third kappa shape index (κ3) is 3.65. The number of anilines is 1. The van der Waals surface area contributed by atoms with Crippen molar-refractivity contribution in [3.63, 3.8) is 0 Å². The maximum absolute atomic E-state index is 11.9. The van der Waals surface area contributed by atoms with Crippen molar-refractivity contribution in [3.05, 3.63) is 40.8 Å². The van der Waals surface area contributed by atoms with Crippen molar-refractivity contribution in [2.75, 3.05) is 26.0 Å². The van der Waals surface area contributed by atoms with Crippen LogP contribution in [0.4, 0.5) is 5.69 Å². The van der Waals surface area contributed by atoms with Crippen LogP contribution in [0.1, 0.15) is 19.9 Å². The lowest BCUT2D eigenvalue weighted by molar-refractivity contribution is -0.111. The summed E-state index contributed by atoms with van der Waals surface area (Å²) in [4.78, 5) is 28.6. The van der Waals surface area contributed by atoms with Crippen molar-refractivity contribution in [2.45, 2.75) is 19.9 Å². The molecule has 0 saturated heterocycles. The number of carbonyl (C=O) groups excluding carboxylic acids is 1. The maximum Gasteiger partial charge on any atom is 0.326 e. The van der Waals surface area contributed by atoms with E-state index < -0.39 is 0 Å². The number of benzene rings is 1. The van der Waals surface area contributed by atoms with E-state index in [-0.39, 0.29) is 17.6 Å². The van der Waals surface area contributed by atoms with Crippen molar-refractivity contribution in [3.8, 4) is 0 Å². The Morgan fingerprint density at radius 3 is 2.77 bits per heavy atom. The summed E-state index contributed by atoms with van der Waals surface area (Å²) in [6.45, 7) is 4.60. The molecule has 6 nitrogen and oxygen atoms in total. The molecule has 22 heavy (non-hydrogen) atoms. The van der Waals surface area contributed by atoms with E-state index in [0.717, 1.165) is 11.0 Å². The zero-order chi connectivity index (χ0) is 16.3. The minimum Gasteiger partial charge on any atom is -0.322 e. The molecule has 0 aliphatic carbocycles. The predicted molar refractivity (Wildman–Crippen MR) is 89.3 cm³/mol. The number of hydrogen-bond donors (Lipinski definition) is 2. The topological polar surface area (TPSA) is 70.1 Å². The van der Waals surface area contributed by atoms with Crippen LogP contribution >= 0.6 is 0 Å². The zero-order valence-corrected chi connectivity index (χ0v) is 13.4. The van der Waals surface area contributed by atoms with Crippen molar-refractivity contribution in [1.82, 2.24) is 14.5 Å². The Balaban J connectivity index is 2.22. The van der Waals surface area contributed by atoms with E-state index in [0.29, 0.717) is 12.2 Å². The van der Waals surface area contributed by atoms with E-state index in [9.17, 15) is 9.59 Å². The van der Waals surface area contributed by atoms with Crippen LogP contribution < -0.4 is 11.0 Å². The van der Waals surface area contributed by atoms with Gasteiger partial charge in [-0.1, -0.05) is 6.08 Å². The van der Waals surface area contributed by atoms with Crippen LogP contribution in [0, 0.1) is 0 Å². The molecule has 1 heterocycles. The van der Waals surface area contributed by atoms with Crippen molar-refractivity contribution in [2.24, 2.45) is 0 Å². The standard InChI is InChI=1S/C16H22N4O2/c1-11(2)20-14-10-12(7-8-13(14)18-16(20)22)17-15(21)6-5-9-19(3)4/h5-8,10-11H,9H2,1-4H3,(H,17,21)(H,18,22)/b6-5+. The molecule has 2 aromatic rings. The van der Waals surface area contributed by atoms with Crippen molar-refractivity contribution < 1.29 is 4.79 Å². The molecule has 118 valence electrons. The van der Waals surface area contributed by atoms with Crippen LogP contribution in [0.15, 0.2) is 35.1 Å². The van der Waals surface area contributed by atoms with Crippen LogP contribution in [-0.2, 0) is 4.79 Å². The van der Waals surface area contributed by atoms with Crippen LogP contribution in [0.2, 0.25) is 0 Å². The second-order valence-corrected chi connectivity index (χ2v) is 5.78. The lowest BCUT2D eigenvalue weighted by atomic mass is 10.2. The van der Waals surface area contributed by atoms with E-state index in [1.165, 1.54) is 6.08 Å². The lowest BCUT2D eigenvalue weighted by Crippen LogP contribution is -2.18. The number of H-pyrrole nitrogens is 1. The first-order valence-corrected chi connectivity index (χ1v) is 7.25. The number of likely N-dealkylation sites (N-methyl/N-ethyl adjacent to an activating group) is 1. The number of imidazole rings is 1. The van der Waals surface area contributed by atoms with Gasteiger partial charge in [0.05, 0.1) is 11.0 Å². The van der Waals surface area contributed by atoms with E-state index in [2.05, 4.69) is 10.3 Å². The molecular weight excluding hydrogens is 280 g/mol. The minimum absolute atomic E-state index is 0.0483. The van der Waals surface area contributed by atoms with Gasteiger partial charge in [0.1, 0.15) is 0 Å². The Kier molecular flexibility index (Phi) is 4.82. The molecule has 0 atom stereocenters. The molecule has 0 fully saturated rings. The number of aromatic amines is 1. The van der Waals surface area contributed by atoms with Crippen LogP contribution in [-0.4, -0.2) is 41.0 Å². The zero-order valence-electron chi connectivity index (χ0n) is 13.4. The van der Waals surface area contributed by atoms with Gasteiger partial charge in [-0.15, -0.1) is 0 Å². The molecule has 1 aromatic carbocycles. The largest absolute Gasteiger partial charge is 0.326 e. The number of nitrogens with one attached hydrogen (secondary N) is 2. The van der Waals surface area contributed by atoms with Crippen LogP contribution in [0.3, 0.4) is 0 Å². The second kappa shape index (κ2) is 6.62. The summed E-state index contributed by atoms with van der Waals surface area (Å²) in [5.74, 6) is -0.185. The Morgan fingerprint density at radius 2 is 2.14 bits per heavy atom. The molecule has 2 N–H and O–H groups in total. The monoisotopic (exact) mass is 302 g/mol. The third-order valence-electron chi connectivity index (χ3n) is 3.24. The Labute approximate surface area is 129 Å². The van der Waals surface area contributed by atoms with Gasteiger partial charge >= 0.3 is 5.69 Å². The highest BCUT2D eigenvalue weighted by Gasteiger charge is 2.10. The number of fused-ring (bicyclic) bond motifs is 1. The molecule has 0 spiro atoms. The van der Waals surface area contributed by atoms with Gasteiger partial charge in [0.2, 0.25) is 5.91 Å². The molecule has 6 heteroatoms. The molecule has 0 aliphatic heterocycles. The smallest absolute Gasteiger partial charge is 0.322 e. The highest BCUT2D eigenvalue weighted by Crippen LogP contribution is 2.19. The highest BCUT2D eigenvalue weighted by molar-refractivity contribution is 6.00. The van der Waals surface area contributed by atoms with E-state index in [1.807, 2.05) is 38.9 Å². The average molecular weight is 302 g/mol. The Hall–Kier alpha value is -2.34. The highest BCUT2D eigenvalue weighted by atomic mass is 16.2. The quantitative estimate of drug-likeness (QED) is 0.830. The minimum atomic E-state index is -0.185. The summed E-state index contributed by atoms with van der Waals surface area (Å²) < 4.78 is 1.67. The van der Waals surface area contributed by atoms with Crippen molar-refractivity contribution >= 4 is 22.6 Å². The van der Waals surface area contributed by atoms with Gasteiger partial charge in [-0.3, -0.25) is 9.36 Å². The van der Waals surface area contributed by atoms with Crippen molar-refractivity contribution in [1.29, 1.82) is 0 Å². The first-order valence-electron chi connectivity index (χ1n) is 7.25. The summed E-state index contributed by atoms with van der Waals surface area (Å²) in [5, 5.41) is 2.81. The fraction of sp³-hybridized carbons (Fsp3) is 0.375. The van der Waals surface area contributed by atoms with Gasteiger partial charge in [0.15, 0.2) is 0 Å².